The highest BCUT2D eigenvalue weighted by Crippen LogP contribution is 2.01. The smallest absolute Gasteiger partial charge is 0.230 e. The third-order valence-corrected chi connectivity index (χ3v) is 2.26. The number of ketones is 1. The van der Waals surface area contributed by atoms with Gasteiger partial charge in [0.25, 0.3) is 0 Å². The van der Waals surface area contributed by atoms with Crippen LogP contribution in [0.5, 0.6) is 0 Å². The lowest BCUT2D eigenvalue weighted by atomic mass is 10.2. The van der Waals surface area contributed by atoms with Gasteiger partial charge >= 0.3 is 0 Å². The van der Waals surface area contributed by atoms with Crippen molar-refractivity contribution in [3.8, 4) is 0 Å². The van der Waals surface area contributed by atoms with E-state index in [-0.39, 0.29) is 18.1 Å². The summed E-state index contributed by atoms with van der Waals surface area (Å²) in [6, 6.07) is 0. The molecule has 0 atom stereocenters. The fraction of sp³-hybridized carbons (Fsp3) is 0.778. The summed E-state index contributed by atoms with van der Waals surface area (Å²) in [7, 11) is 2.03. The van der Waals surface area contributed by atoms with Crippen LogP contribution in [0.15, 0.2) is 0 Å². The lowest BCUT2D eigenvalue weighted by molar-refractivity contribution is -0.136. The SMILES string of the molecule is CC(=O)CC(=O)N1CCN(C)CC1. The van der Waals surface area contributed by atoms with Gasteiger partial charge in [-0.1, -0.05) is 0 Å². The van der Waals surface area contributed by atoms with E-state index in [1.807, 2.05) is 7.05 Å². The van der Waals surface area contributed by atoms with Crippen molar-refractivity contribution < 1.29 is 9.59 Å². The van der Waals surface area contributed by atoms with Crippen molar-refractivity contribution in [2.45, 2.75) is 13.3 Å². The largest absolute Gasteiger partial charge is 0.340 e. The molecule has 0 unspecified atom stereocenters. The number of Topliss-reactive ketones (excluding diaryl/α,β-unsaturated/α-hetero) is 1. The average Bonchev–Trinajstić information content (AvgIpc) is 2.04. The van der Waals surface area contributed by atoms with E-state index in [4.69, 9.17) is 0 Å². The van der Waals surface area contributed by atoms with Crippen molar-refractivity contribution in [1.29, 1.82) is 0 Å². The molecule has 0 aliphatic carbocycles. The molecule has 1 saturated heterocycles. The molecule has 1 heterocycles. The second kappa shape index (κ2) is 4.37. The minimum Gasteiger partial charge on any atom is -0.340 e. The molecule has 0 N–H and O–H groups in total. The molecule has 1 aliphatic heterocycles. The zero-order chi connectivity index (χ0) is 9.84. The molecule has 0 spiro atoms. The Labute approximate surface area is 78.5 Å². The predicted octanol–water partition coefficient (Wildman–Crippen LogP) is -0.261. The second-order valence-corrected chi connectivity index (χ2v) is 3.56. The standard InChI is InChI=1S/C9H16N2O2/c1-8(12)7-9(13)11-5-3-10(2)4-6-11/h3-7H2,1-2H3. The molecule has 1 amide bonds. The maximum absolute atomic E-state index is 11.4. The van der Waals surface area contributed by atoms with Gasteiger partial charge in [-0.05, 0) is 14.0 Å². The third-order valence-electron chi connectivity index (χ3n) is 2.26. The highest BCUT2D eigenvalue weighted by Gasteiger charge is 2.19. The van der Waals surface area contributed by atoms with Crippen LogP contribution in [-0.4, -0.2) is 54.7 Å². The Kier molecular flexibility index (Phi) is 3.42. The van der Waals surface area contributed by atoms with Crippen LogP contribution in [0, 0.1) is 0 Å². The topological polar surface area (TPSA) is 40.6 Å². The number of nitrogens with zero attached hydrogens (tertiary/aromatic N) is 2. The van der Waals surface area contributed by atoms with Gasteiger partial charge in [0, 0.05) is 26.2 Å². The van der Waals surface area contributed by atoms with Crippen LogP contribution >= 0.6 is 0 Å². The molecule has 0 saturated carbocycles. The van der Waals surface area contributed by atoms with E-state index < -0.39 is 0 Å². The molecule has 0 aromatic carbocycles. The molecule has 13 heavy (non-hydrogen) atoms. The maximum Gasteiger partial charge on any atom is 0.230 e. The summed E-state index contributed by atoms with van der Waals surface area (Å²) in [5.74, 6) is -0.0791. The molecular weight excluding hydrogens is 168 g/mol. The molecule has 0 aromatic heterocycles. The molecule has 0 aromatic rings. The van der Waals surface area contributed by atoms with E-state index >= 15 is 0 Å². The first-order valence-corrected chi connectivity index (χ1v) is 4.55. The molecule has 1 aliphatic rings. The average molecular weight is 184 g/mol. The Morgan fingerprint density at radius 2 is 1.69 bits per heavy atom. The monoisotopic (exact) mass is 184 g/mol. The first-order chi connectivity index (χ1) is 6.09. The van der Waals surface area contributed by atoms with E-state index in [1.54, 1.807) is 4.90 Å². The van der Waals surface area contributed by atoms with Crippen LogP contribution in [0.2, 0.25) is 0 Å². The van der Waals surface area contributed by atoms with Gasteiger partial charge < -0.3 is 9.80 Å². The molecule has 74 valence electrons. The molecular formula is C9H16N2O2. The Bertz CT molecular complexity index is 208. The zero-order valence-electron chi connectivity index (χ0n) is 8.25. The van der Waals surface area contributed by atoms with E-state index in [0.29, 0.717) is 0 Å². The van der Waals surface area contributed by atoms with Crippen molar-refractivity contribution in [3.05, 3.63) is 0 Å². The molecule has 0 radical (unpaired) electrons. The quantitative estimate of drug-likeness (QED) is 0.555. The number of carbonyl (C=O) groups excluding carboxylic acids is 2. The number of likely N-dealkylation sites (N-methyl/N-ethyl adjacent to an activating group) is 1. The fourth-order valence-electron chi connectivity index (χ4n) is 1.38. The van der Waals surface area contributed by atoms with Crippen molar-refractivity contribution >= 4 is 11.7 Å². The number of rotatable bonds is 2. The van der Waals surface area contributed by atoms with Crippen LogP contribution in [0.25, 0.3) is 0 Å². The summed E-state index contributed by atoms with van der Waals surface area (Å²) in [4.78, 5) is 26.0. The fourth-order valence-corrected chi connectivity index (χ4v) is 1.38. The van der Waals surface area contributed by atoms with Gasteiger partial charge in [-0.2, -0.15) is 0 Å². The van der Waals surface area contributed by atoms with Crippen molar-refractivity contribution in [2.24, 2.45) is 0 Å². The number of carbonyl (C=O) groups is 2. The zero-order valence-corrected chi connectivity index (χ0v) is 8.25. The molecule has 1 rings (SSSR count). The normalized spacial score (nSPS) is 18.8. The summed E-state index contributed by atoms with van der Waals surface area (Å²) >= 11 is 0. The Morgan fingerprint density at radius 3 is 2.15 bits per heavy atom. The van der Waals surface area contributed by atoms with Gasteiger partial charge in [0.05, 0.1) is 6.42 Å². The van der Waals surface area contributed by atoms with Crippen LogP contribution in [0.3, 0.4) is 0 Å². The first-order valence-electron chi connectivity index (χ1n) is 4.55. The van der Waals surface area contributed by atoms with E-state index in [2.05, 4.69) is 4.90 Å². The van der Waals surface area contributed by atoms with E-state index in [1.165, 1.54) is 6.92 Å². The highest BCUT2D eigenvalue weighted by molar-refractivity contribution is 5.96. The van der Waals surface area contributed by atoms with Crippen molar-refractivity contribution in [3.63, 3.8) is 0 Å². The second-order valence-electron chi connectivity index (χ2n) is 3.56. The number of piperazine rings is 1. The summed E-state index contributed by atoms with van der Waals surface area (Å²) in [5, 5.41) is 0. The first kappa shape index (κ1) is 10.2. The Morgan fingerprint density at radius 1 is 1.15 bits per heavy atom. The molecule has 1 fully saturated rings. The lowest BCUT2D eigenvalue weighted by Crippen LogP contribution is -2.47. The number of amides is 1. The van der Waals surface area contributed by atoms with Crippen LogP contribution < -0.4 is 0 Å². The number of hydrogen-bond acceptors (Lipinski definition) is 3. The lowest BCUT2D eigenvalue weighted by Gasteiger charge is -2.32. The van der Waals surface area contributed by atoms with Gasteiger partial charge in [-0.15, -0.1) is 0 Å². The van der Waals surface area contributed by atoms with Gasteiger partial charge in [0.15, 0.2) is 0 Å². The minimum atomic E-state index is -0.0519. The van der Waals surface area contributed by atoms with Gasteiger partial charge in [0.2, 0.25) is 5.91 Å². The summed E-state index contributed by atoms with van der Waals surface area (Å²) in [6.07, 6.45) is 0.0592. The predicted molar refractivity (Wildman–Crippen MR) is 49.4 cm³/mol. The third kappa shape index (κ3) is 3.14. The van der Waals surface area contributed by atoms with Gasteiger partial charge in [-0.3, -0.25) is 9.59 Å². The maximum atomic E-state index is 11.4. The van der Waals surface area contributed by atoms with Crippen molar-refractivity contribution in [2.75, 3.05) is 33.2 Å². The van der Waals surface area contributed by atoms with E-state index in [9.17, 15) is 9.59 Å². The van der Waals surface area contributed by atoms with Gasteiger partial charge in [-0.25, -0.2) is 0 Å². The minimum absolute atomic E-state index is 0.0272. The summed E-state index contributed by atoms with van der Waals surface area (Å²) in [5.41, 5.74) is 0. The number of hydrogen-bond donors (Lipinski definition) is 0. The Hall–Kier alpha value is -0.900. The van der Waals surface area contributed by atoms with Crippen LogP contribution in [0.1, 0.15) is 13.3 Å². The molecule has 4 nitrogen and oxygen atoms in total. The molecule has 0 bridgehead atoms. The van der Waals surface area contributed by atoms with E-state index in [0.717, 1.165) is 26.2 Å². The summed E-state index contributed by atoms with van der Waals surface area (Å²) in [6.45, 7) is 4.77. The Balaban J connectivity index is 2.36. The van der Waals surface area contributed by atoms with Crippen LogP contribution in [0.4, 0.5) is 0 Å². The molecule has 4 heteroatoms. The van der Waals surface area contributed by atoms with Crippen LogP contribution in [-0.2, 0) is 9.59 Å². The highest BCUT2D eigenvalue weighted by atomic mass is 16.2. The van der Waals surface area contributed by atoms with Gasteiger partial charge in [0.1, 0.15) is 5.78 Å². The van der Waals surface area contributed by atoms with Crippen molar-refractivity contribution in [1.82, 2.24) is 9.80 Å². The summed E-state index contributed by atoms with van der Waals surface area (Å²) < 4.78 is 0.